The summed E-state index contributed by atoms with van der Waals surface area (Å²) in [6.07, 6.45) is 2.36. The molecule has 1 heterocycles. The Morgan fingerprint density at radius 2 is 2.14 bits per heavy atom. The Hall–Kier alpha value is -2.04. The zero-order valence-corrected chi connectivity index (χ0v) is 6.98. The van der Waals surface area contributed by atoms with Crippen LogP contribution in [0.4, 0.5) is 10.1 Å². The van der Waals surface area contributed by atoms with E-state index in [9.17, 15) is 14.5 Å². The molecule has 0 aliphatic rings. The first-order valence-electron chi connectivity index (χ1n) is 3.87. The van der Waals surface area contributed by atoms with Crippen LogP contribution in [0.5, 0.6) is 0 Å². The summed E-state index contributed by atoms with van der Waals surface area (Å²) in [5.74, 6) is -0.671. The van der Waals surface area contributed by atoms with Gasteiger partial charge in [-0.3, -0.25) is 15.1 Å². The lowest BCUT2D eigenvalue weighted by Crippen LogP contribution is -1.92. The van der Waals surface area contributed by atoms with Gasteiger partial charge in [-0.25, -0.2) is 4.39 Å². The number of nitrogens with zero attached hydrogens (tertiary/aromatic N) is 2. The summed E-state index contributed by atoms with van der Waals surface area (Å²) in [6.45, 7) is 0. The van der Waals surface area contributed by atoms with Crippen molar-refractivity contribution in [2.24, 2.45) is 0 Å². The Labute approximate surface area is 78.2 Å². The Morgan fingerprint density at radius 3 is 2.86 bits per heavy atom. The molecule has 0 saturated carbocycles. The molecular weight excluding hydrogens is 187 g/mol. The fourth-order valence-corrected chi connectivity index (χ4v) is 1.32. The summed E-state index contributed by atoms with van der Waals surface area (Å²) < 4.78 is 13.2. The Bertz CT molecular complexity index is 508. The Balaban J connectivity index is 2.91. The van der Waals surface area contributed by atoms with Crippen molar-refractivity contribution in [3.63, 3.8) is 0 Å². The van der Waals surface area contributed by atoms with E-state index in [1.807, 2.05) is 0 Å². The highest BCUT2D eigenvalue weighted by atomic mass is 19.1. The predicted octanol–water partition coefficient (Wildman–Crippen LogP) is 2.28. The second kappa shape index (κ2) is 3.02. The molecule has 2 rings (SSSR count). The minimum atomic E-state index is -0.671. The largest absolute Gasteiger partial charge is 0.280 e. The van der Waals surface area contributed by atoms with E-state index in [0.717, 1.165) is 6.20 Å². The molecule has 2 aromatic rings. The first-order valence-corrected chi connectivity index (χ1v) is 3.87. The van der Waals surface area contributed by atoms with Crippen LogP contribution in [0.2, 0.25) is 0 Å². The molecule has 0 radical (unpaired) electrons. The van der Waals surface area contributed by atoms with Crippen molar-refractivity contribution in [1.29, 1.82) is 0 Å². The summed E-state index contributed by atoms with van der Waals surface area (Å²) in [4.78, 5) is 13.6. The van der Waals surface area contributed by atoms with Crippen LogP contribution in [0.3, 0.4) is 0 Å². The third kappa shape index (κ3) is 1.19. The van der Waals surface area contributed by atoms with Crippen LogP contribution >= 0.6 is 0 Å². The third-order valence-electron chi connectivity index (χ3n) is 1.91. The van der Waals surface area contributed by atoms with Crippen molar-refractivity contribution >= 4 is 16.5 Å². The highest BCUT2D eigenvalue weighted by Gasteiger charge is 2.14. The van der Waals surface area contributed by atoms with E-state index in [1.165, 1.54) is 18.3 Å². The molecule has 0 N–H and O–H groups in total. The topological polar surface area (TPSA) is 56.0 Å². The highest BCUT2D eigenvalue weighted by Crippen LogP contribution is 2.26. The van der Waals surface area contributed by atoms with Crippen molar-refractivity contribution in [2.75, 3.05) is 0 Å². The summed E-state index contributed by atoms with van der Waals surface area (Å²) in [5, 5.41) is 11.0. The predicted molar refractivity (Wildman–Crippen MR) is 48.4 cm³/mol. The molecule has 0 fully saturated rings. The van der Waals surface area contributed by atoms with Crippen LogP contribution in [0, 0.1) is 15.9 Å². The average Bonchev–Trinajstić information content (AvgIpc) is 2.17. The molecule has 1 aromatic heterocycles. The summed E-state index contributed by atoms with van der Waals surface area (Å²) in [6, 6.07) is 4.35. The quantitative estimate of drug-likeness (QED) is 0.514. The molecule has 0 aliphatic carbocycles. The molecule has 0 saturated heterocycles. The second-order valence-corrected chi connectivity index (χ2v) is 2.75. The van der Waals surface area contributed by atoms with Crippen LogP contribution in [0.25, 0.3) is 10.8 Å². The maximum absolute atomic E-state index is 13.2. The number of aromatic nitrogens is 1. The van der Waals surface area contributed by atoms with Crippen molar-refractivity contribution < 1.29 is 9.31 Å². The number of non-ortho nitro benzene ring substituents is 1. The first-order chi connectivity index (χ1) is 6.70. The number of fused-ring (bicyclic) bond motifs is 1. The van der Waals surface area contributed by atoms with Crippen LogP contribution < -0.4 is 0 Å². The first kappa shape index (κ1) is 8.55. The highest BCUT2D eigenvalue weighted by molar-refractivity contribution is 5.90. The molecule has 0 atom stereocenters. The van der Waals surface area contributed by atoms with Gasteiger partial charge in [-0.1, -0.05) is 12.1 Å². The van der Waals surface area contributed by atoms with Gasteiger partial charge in [-0.15, -0.1) is 0 Å². The van der Waals surface area contributed by atoms with Gasteiger partial charge in [0, 0.05) is 17.6 Å². The van der Waals surface area contributed by atoms with E-state index in [0.29, 0.717) is 5.39 Å². The zero-order chi connectivity index (χ0) is 10.1. The fraction of sp³-hybridized carbons (Fsp3) is 0. The van der Waals surface area contributed by atoms with Crippen LogP contribution in [0.15, 0.2) is 30.6 Å². The number of rotatable bonds is 1. The van der Waals surface area contributed by atoms with E-state index < -0.39 is 10.7 Å². The molecule has 0 amide bonds. The Morgan fingerprint density at radius 1 is 1.36 bits per heavy atom. The molecular formula is C9H5FN2O2. The van der Waals surface area contributed by atoms with Crippen molar-refractivity contribution in [2.45, 2.75) is 0 Å². The van der Waals surface area contributed by atoms with Crippen LogP contribution in [-0.2, 0) is 0 Å². The third-order valence-corrected chi connectivity index (χ3v) is 1.91. The van der Waals surface area contributed by atoms with Gasteiger partial charge in [-0.05, 0) is 0 Å². The maximum Gasteiger partial charge on any atom is 0.280 e. The van der Waals surface area contributed by atoms with Gasteiger partial charge in [0.05, 0.1) is 16.5 Å². The standard InChI is InChI=1S/C9H5FN2O2/c10-7-5-11-4-6-2-1-3-8(9(6)7)12(13)14/h1-5H. The fourth-order valence-electron chi connectivity index (χ4n) is 1.32. The molecule has 0 spiro atoms. The molecule has 14 heavy (non-hydrogen) atoms. The SMILES string of the molecule is O=[N+]([O-])c1cccc2cncc(F)c12. The summed E-state index contributed by atoms with van der Waals surface area (Å²) in [5.41, 5.74) is -0.234. The normalized spacial score (nSPS) is 10.4. The number of hydrogen-bond donors (Lipinski definition) is 0. The number of halogens is 1. The summed E-state index contributed by atoms with van der Waals surface area (Å²) >= 11 is 0. The van der Waals surface area contributed by atoms with E-state index in [1.54, 1.807) is 6.07 Å². The van der Waals surface area contributed by atoms with E-state index >= 15 is 0 Å². The van der Waals surface area contributed by atoms with Gasteiger partial charge in [0.25, 0.3) is 5.69 Å². The molecule has 0 unspecified atom stereocenters. The average molecular weight is 192 g/mol. The van der Waals surface area contributed by atoms with Gasteiger partial charge >= 0.3 is 0 Å². The molecule has 70 valence electrons. The van der Waals surface area contributed by atoms with Gasteiger partial charge in [0.15, 0.2) is 5.82 Å². The maximum atomic E-state index is 13.2. The molecule has 4 nitrogen and oxygen atoms in total. The minimum Gasteiger partial charge on any atom is -0.261 e. The van der Waals surface area contributed by atoms with Crippen molar-refractivity contribution in [3.05, 3.63) is 46.5 Å². The van der Waals surface area contributed by atoms with Crippen LogP contribution in [-0.4, -0.2) is 9.91 Å². The second-order valence-electron chi connectivity index (χ2n) is 2.75. The van der Waals surface area contributed by atoms with E-state index in [2.05, 4.69) is 4.98 Å². The number of pyridine rings is 1. The molecule has 5 heteroatoms. The van der Waals surface area contributed by atoms with Gasteiger partial charge in [0.1, 0.15) is 0 Å². The summed E-state index contributed by atoms with van der Waals surface area (Å²) in [7, 11) is 0. The van der Waals surface area contributed by atoms with Gasteiger partial charge < -0.3 is 0 Å². The smallest absolute Gasteiger partial charge is 0.261 e. The zero-order valence-electron chi connectivity index (χ0n) is 6.98. The van der Waals surface area contributed by atoms with Gasteiger partial charge in [0.2, 0.25) is 0 Å². The van der Waals surface area contributed by atoms with E-state index in [4.69, 9.17) is 0 Å². The van der Waals surface area contributed by atoms with Crippen LogP contribution in [0.1, 0.15) is 0 Å². The lowest BCUT2D eigenvalue weighted by Gasteiger charge is -1.98. The Kier molecular flexibility index (Phi) is 1.85. The lowest BCUT2D eigenvalue weighted by molar-refractivity contribution is -0.383. The molecule has 0 aliphatic heterocycles. The number of benzene rings is 1. The minimum absolute atomic E-state index is 0.00694. The number of nitro groups is 1. The molecule has 0 bridgehead atoms. The monoisotopic (exact) mass is 192 g/mol. The number of nitro benzene ring substituents is 1. The van der Waals surface area contributed by atoms with E-state index in [-0.39, 0.29) is 11.1 Å². The van der Waals surface area contributed by atoms with Crippen molar-refractivity contribution in [1.82, 2.24) is 4.98 Å². The molecule has 1 aromatic carbocycles. The van der Waals surface area contributed by atoms with Gasteiger partial charge in [-0.2, -0.15) is 0 Å². The van der Waals surface area contributed by atoms with Crippen molar-refractivity contribution in [3.8, 4) is 0 Å². The number of hydrogen-bond acceptors (Lipinski definition) is 3. The lowest BCUT2D eigenvalue weighted by atomic mass is 10.1.